The van der Waals surface area contributed by atoms with Gasteiger partial charge in [0.15, 0.2) is 0 Å². The second kappa shape index (κ2) is 7.38. The molecule has 1 aliphatic rings. The minimum Gasteiger partial charge on any atom is -0.379 e. The Morgan fingerprint density at radius 3 is 2.67 bits per heavy atom. The van der Waals surface area contributed by atoms with Crippen molar-refractivity contribution in [2.75, 3.05) is 18.5 Å². The third kappa shape index (κ3) is 4.52. The minimum absolute atomic E-state index is 0.00133. The Balaban J connectivity index is 1.80. The number of anilines is 1. The van der Waals surface area contributed by atoms with Gasteiger partial charge in [-0.3, -0.25) is 4.79 Å². The molecule has 2 aromatic rings. The molecule has 0 saturated carbocycles. The zero-order valence-electron chi connectivity index (χ0n) is 15.1. The molecular formula is C19H21FN2O4S. The van der Waals surface area contributed by atoms with Crippen molar-refractivity contribution < 1.29 is 22.3 Å². The smallest absolute Gasteiger partial charge is 0.255 e. The molecule has 1 atom stereocenters. The third-order valence-electron chi connectivity index (χ3n) is 4.42. The highest BCUT2D eigenvalue weighted by Gasteiger charge is 2.34. The number of hydrogen-bond donors (Lipinski definition) is 2. The van der Waals surface area contributed by atoms with E-state index in [0.717, 1.165) is 0 Å². The van der Waals surface area contributed by atoms with Gasteiger partial charge in [0, 0.05) is 17.9 Å². The standard InChI is InChI=1S/C19H21FN2O4S/c1-13-10-15(6-7-17(13)20)21-18(23)14-4-3-5-16(11-14)27(24,25)22-19(2)8-9-26-12-19/h3-7,10-11,22H,8-9,12H2,1-2H3,(H,21,23). The van der Waals surface area contributed by atoms with Gasteiger partial charge in [-0.25, -0.2) is 17.5 Å². The fraction of sp³-hybridized carbons (Fsp3) is 0.316. The lowest BCUT2D eigenvalue weighted by Gasteiger charge is -2.23. The molecular weight excluding hydrogens is 371 g/mol. The average Bonchev–Trinajstić information content (AvgIpc) is 3.03. The summed E-state index contributed by atoms with van der Waals surface area (Å²) in [6.07, 6.45) is 0.580. The third-order valence-corrected chi connectivity index (χ3v) is 6.06. The zero-order valence-corrected chi connectivity index (χ0v) is 15.9. The maximum absolute atomic E-state index is 13.3. The van der Waals surface area contributed by atoms with Crippen LogP contribution in [0.25, 0.3) is 0 Å². The Labute approximate surface area is 157 Å². The van der Waals surface area contributed by atoms with Gasteiger partial charge in [-0.05, 0) is 62.2 Å². The molecule has 0 radical (unpaired) electrons. The Bertz CT molecular complexity index is 969. The molecule has 1 amide bonds. The summed E-state index contributed by atoms with van der Waals surface area (Å²) in [7, 11) is -3.80. The maximum atomic E-state index is 13.3. The summed E-state index contributed by atoms with van der Waals surface area (Å²) in [5.41, 5.74) is 0.358. The molecule has 2 aromatic carbocycles. The summed E-state index contributed by atoms with van der Waals surface area (Å²) in [5, 5.41) is 2.64. The van der Waals surface area contributed by atoms with Gasteiger partial charge in [-0.2, -0.15) is 0 Å². The first-order valence-electron chi connectivity index (χ1n) is 8.48. The van der Waals surface area contributed by atoms with Crippen molar-refractivity contribution in [3.8, 4) is 0 Å². The summed E-state index contributed by atoms with van der Waals surface area (Å²) in [6.45, 7) is 4.18. The highest BCUT2D eigenvalue weighted by atomic mass is 32.2. The number of amides is 1. The number of hydrogen-bond acceptors (Lipinski definition) is 4. The Hall–Kier alpha value is -2.29. The van der Waals surface area contributed by atoms with E-state index >= 15 is 0 Å². The lowest BCUT2D eigenvalue weighted by atomic mass is 10.0. The first-order chi connectivity index (χ1) is 12.7. The number of carbonyl (C=O) groups is 1. The molecule has 27 heavy (non-hydrogen) atoms. The van der Waals surface area contributed by atoms with E-state index in [1.165, 1.54) is 42.5 Å². The molecule has 3 rings (SSSR count). The second-order valence-electron chi connectivity index (χ2n) is 6.91. The number of sulfonamides is 1. The fourth-order valence-electron chi connectivity index (χ4n) is 2.86. The van der Waals surface area contributed by atoms with Gasteiger partial charge >= 0.3 is 0 Å². The molecule has 1 aliphatic heterocycles. The number of ether oxygens (including phenoxy) is 1. The number of rotatable bonds is 5. The van der Waals surface area contributed by atoms with Crippen LogP contribution in [-0.4, -0.2) is 33.1 Å². The van der Waals surface area contributed by atoms with Gasteiger partial charge in [0.1, 0.15) is 5.82 Å². The predicted molar refractivity (Wildman–Crippen MR) is 99.7 cm³/mol. The monoisotopic (exact) mass is 392 g/mol. The highest BCUT2D eigenvalue weighted by molar-refractivity contribution is 7.89. The van der Waals surface area contributed by atoms with Gasteiger partial charge in [0.05, 0.1) is 17.0 Å². The van der Waals surface area contributed by atoms with Crippen LogP contribution in [0.4, 0.5) is 10.1 Å². The second-order valence-corrected chi connectivity index (χ2v) is 8.60. The fourth-order valence-corrected chi connectivity index (χ4v) is 4.33. The van der Waals surface area contributed by atoms with E-state index in [-0.39, 0.29) is 16.3 Å². The van der Waals surface area contributed by atoms with Crippen molar-refractivity contribution in [2.45, 2.75) is 30.7 Å². The lowest BCUT2D eigenvalue weighted by molar-refractivity contribution is 0.102. The number of aryl methyl sites for hydroxylation is 1. The molecule has 0 aliphatic carbocycles. The van der Waals surface area contributed by atoms with Crippen LogP contribution >= 0.6 is 0 Å². The van der Waals surface area contributed by atoms with E-state index in [1.807, 2.05) is 0 Å². The van der Waals surface area contributed by atoms with Gasteiger partial charge in [0.25, 0.3) is 5.91 Å². The largest absolute Gasteiger partial charge is 0.379 e. The van der Waals surface area contributed by atoms with Crippen LogP contribution in [0.3, 0.4) is 0 Å². The first kappa shape index (κ1) is 19.5. The Morgan fingerprint density at radius 1 is 1.22 bits per heavy atom. The van der Waals surface area contributed by atoms with Crippen LogP contribution in [0.15, 0.2) is 47.4 Å². The van der Waals surface area contributed by atoms with Crippen molar-refractivity contribution in [3.63, 3.8) is 0 Å². The van der Waals surface area contributed by atoms with E-state index in [1.54, 1.807) is 13.8 Å². The zero-order chi connectivity index (χ0) is 19.7. The van der Waals surface area contributed by atoms with Crippen LogP contribution in [-0.2, 0) is 14.8 Å². The van der Waals surface area contributed by atoms with E-state index in [0.29, 0.717) is 30.9 Å². The summed E-state index contributed by atoms with van der Waals surface area (Å²) < 4.78 is 46.6. The minimum atomic E-state index is -3.80. The normalized spacial score (nSPS) is 19.8. The predicted octanol–water partition coefficient (Wildman–Crippen LogP) is 2.84. The number of carbonyl (C=O) groups excluding carboxylic acids is 1. The van der Waals surface area contributed by atoms with Crippen LogP contribution in [0.5, 0.6) is 0 Å². The molecule has 2 N–H and O–H groups in total. The maximum Gasteiger partial charge on any atom is 0.255 e. The molecule has 1 fully saturated rings. The molecule has 0 bridgehead atoms. The first-order valence-corrected chi connectivity index (χ1v) is 9.96. The summed E-state index contributed by atoms with van der Waals surface area (Å²) >= 11 is 0. The molecule has 144 valence electrons. The molecule has 0 aromatic heterocycles. The summed E-state index contributed by atoms with van der Waals surface area (Å²) in [6, 6.07) is 9.99. The molecule has 8 heteroatoms. The molecule has 0 spiro atoms. The van der Waals surface area contributed by atoms with E-state index < -0.39 is 21.5 Å². The van der Waals surface area contributed by atoms with Crippen molar-refractivity contribution >= 4 is 21.6 Å². The SMILES string of the molecule is Cc1cc(NC(=O)c2cccc(S(=O)(=O)NC3(C)CCOC3)c2)ccc1F. The van der Waals surface area contributed by atoms with Crippen LogP contribution in [0.1, 0.15) is 29.3 Å². The Kier molecular flexibility index (Phi) is 5.32. The van der Waals surface area contributed by atoms with Crippen LogP contribution in [0, 0.1) is 12.7 Å². The van der Waals surface area contributed by atoms with Crippen molar-refractivity contribution in [1.82, 2.24) is 4.72 Å². The van der Waals surface area contributed by atoms with Crippen molar-refractivity contribution in [3.05, 3.63) is 59.4 Å². The molecule has 1 unspecified atom stereocenters. The molecule has 1 saturated heterocycles. The number of benzene rings is 2. The van der Waals surface area contributed by atoms with Crippen molar-refractivity contribution in [2.24, 2.45) is 0 Å². The van der Waals surface area contributed by atoms with Crippen LogP contribution in [0.2, 0.25) is 0 Å². The van der Waals surface area contributed by atoms with Gasteiger partial charge in [-0.15, -0.1) is 0 Å². The molecule has 6 nitrogen and oxygen atoms in total. The van der Waals surface area contributed by atoms with Gasteiger partial charge in [0.2, 0.25) is 10.0 Å². The van der Waals surface area contributed by atoms with E-state index in [9.17, 15) is 17.6 Å². The van der Waals surface area contributed by atoms with Crippen molar-refractivity contribution in [1.29, 1.82) is 0 Å². The number of halogens is 1. The van der Waals surface area contributed by atoms with Gasteiger partial charge in [-0.1, -0.05) is 6.07 Å². The Morgan fingerprint density at radius 2 is 2.00 bits per heavy atom. The van der Waals surface area contributed by atoms with E-state index in [4.69, 9.17) is 4.74 Å². The summed E-state index contributed by atoms with van der Waals surface area (Å²) in [4.78, 5) is 12.5. The number of nitrogens with one attached hydrogen (secondary N) is 2. The van der Waals surface area contributed by atoms with E-state index in [2.05, 4.69) is 10.0 Å². The quantitative estimate of drug-likeness (QED) is 0.820. The van der Waals surface area contributed by atoms with Crippen LogP contribution < -0.4 is 10.0 Å². The molecule has 1 heterocycles. The lowest BCUT2D eigenvalue weighted by Crippen LogP contribution is -2.46. The summed E-state index contributed by atoms with van der Waals surface area (Å²) in [5.74, 6) is -0.843. The highest BCUT2D eigenvalue weighted by Crippen LogP contribution is 2.22. The average molecular weight is 392 g/mol. The van der Waals surface area contributed by atoms with Gasteiger partial charge < -0.3 is 10.1 Å². The topological polar surface area (TPSA) is 84.5 Å².